The summed E-state index contributed by atoms with van der Waals surface area (Å²) >= 11 is 0. The van der Waals surface area contributed by atoms with Crippen molar-refractivity contribution in [3.05, 3.63) is 35.4 Å². The predicted octanol–water partition coefficient (Wildman–Crippen LogP) is 4.80. The zero-order valence-electron chi connectivity index (χ0n) is 16.5. The molecule has 1 aromatic rings. The van der Waals surface area contributed by atoms with Gasteiger partial charge in [-0.3, -0.25) is 0 Å². The Bertz CT molecular complexity index is 754. The second-order valence-electron chi connectivity index (χ2n) is 9.97. The van der Waals surface area contributed by atoms with Gasteiger partial charge in [0, 0.05) is 24.7 Å². The molecule has 29 heavy (non-hydrogen) atoms. The summed E-state index contributed by atoms with van der Waals surface area (Å²) in [4.78, 5) is 35.3. The highest BCUT2D eigenvalue weighted by Crippen LogP contribution is 2.62. The van der Waals surface area contributed by atoms with Crippen LogP contribution in [0.2, 0.25) is 0 Å². The van der Waals surface area contributed by atoms with Crippen molar-refractivity contribution in [1.82, 2.24) is 0 Å². The molecule has 1 heterocycles. The second kappa shape index (κ2) is 6.51. The predicted molar refractivity (Wildman–Crippen MR) is 101 cm³/mol. The SMILES string of the molecule is O=C(O)c1ccc(C2CCC3(CC2)OOC2(OO3)C3CC4CC(C3)CC2C4)cc1. The molecule has 0 amide bonds. The molecule has 1 aromatic carbocycles. The van der Waals surface area contributed by atoms with E-state index in [1.54, 1.807) is 12.1 Å². The van der Waals surface area contributed by atoms with Crippen LogP contribution in [0.15, 0.2) is 24.3 Å². The number of benzene rings is 1. The van der Waals surface area contributed by atoms with Gasteiger partial charge in [0.05, 0.1) is 5.56 Å². The molecular formula is C23H28O6. The fourth-order valence-electron chi connectivity index (χ4n) is 6.88. The Labute approximate surface area is 170 Å². The zero-order chi connectivity index (χ0) is 19.6. The average Bonchev–Trinajstić information content (AvgIpc) is 2.74. The van der Waals surface area contributed by atoms with Crippen LogP contribution in [0.25, 0.3) is 0 Å². The van der Waals surface area contributed by atoms with Crippen molar-refractivity contribution < 1.29 is 29.5 Å². The van der Waals surface area contributed by atoms with Gasteiger partial charge in [-0.25, -0.2) is 4.79 Å². The van der Waals surface area contributed by atoms with Gasteiger partial charge in [0.1, 0.15) is 0 Å². The van der Waals surface area contributed by atoms with E-state index in [2.05, 4.69) is 0 Å². The number of carboxylic acid groups (broad SMARTS) is 1. The van der Waals surface area contributed by atoms with E-state index in [-0.39, 0.29) is 0 Å². The zero-order valence-corrected chi connectivity index (χ0v) is 16.5. The first-order chi connectivity index (χ1) is 14.1. The Morgan fingerprint density at radius 1 is 0.828 bits per heavy atom. The van der Waals surface area contributed by atoms with Gasteiger partial charge in [0.2, 0.25) is 11.6 Å². The van der Waals surface area contributed by atoms with Gasteiger partial charge in [-0.05, 0) is 80.4 Å². The summed E-state index contributed by atoms with van der Waals surface area (Å²) in [6.45, 7) is 0. The summed E-state index contributed by atoms with van der Waals surface area (Å²) < 4.78 is 0. The molecule has 156 valence electrons. The fourth-order valence-corrected chi connectivity index (χ4v) is 6.88. The van der Waals surface area contributed by atoms with Crippen LogP contribution in [-0.4, -0.2) is 22.7 Å². The summed E-state index contributed by atoms with van der Waals surface area (Å²) in [7, 11) is 0. The Hall–Kier alpha value is -1.47. The lowest BCUT2D eigenvalue weighted by atomic mass is 9.53. The minimum Gasteiger partial charge on any atom is -0.478 e. The van der Waals surface area contributed by atoms with Crippen LogP contribution in [-0.2, 0) is 19.6 Å². The Morgan fingerprint density at radius 3 is 1.90 bits per heavy atom. The number of aromatic carboxylic acids is 1. The van der Waals surface area contributed by atoms with Crippen molar-refractivity contribution in [2.24, 2.45) is 23.7 Å². The van der Waals surface area contributed by atoms with E-state index < -0.39 is 17.5 Å². The Kier molecular flexibility index (Phi) is 4.11. The van der Waals surface area contributed by atoms with E-state index in [1.165, 1.54) is 37.7 Å². The van der Waals surface area contributed by atoms with Crippen molar-refractivity contribution in [1.29, 1.82) is 0 Å². The number of rotatable bonds is 2. The first kappa shape index (κ1) is 18.3. The topological polar surface area (TPSA) is 74.2 Å². The van der Waals surface area contributed by atoms with Crippen molar-refractivity contribution in [3.63, 3.8) is 0 Å². The molecule has 0 aromatic heterocycles. The summed E-state index contributed by atoms with van der Waals surface area (Å²) in [5.41, 5.74) is 1.49. The molecule has 6 heteroatoms. The van der Waals surface area contributed by atoms with Gasteiger partial charge in [0.15, 0.2) is 0 Å². The summed E-state index contributed by atoms with van der Waals surface area (Å²) in [5, 5.41) is 9.07. The van der Waals surface area contributed by atoms with Crippen LogP contribution < -0.4 is 0 Å². The maximum Gasteiger partial charge on any atom is 0.335 e. The summed E-state index contributed by atoms with van der Waals surface area (Å²) in [6, 6.07) is 7.20. The fraction of sp³-hybridized carbons (Fsp3) is 0.696. The van der Waals surface area contributed by atoms with Crippen molar-refractivity contribution in [2.45, 2.75) is 75.3 Å². The monoisotopic (exact) mass is 400 g/mol. The van der Waals surface area contributed by atoms with E-state index in [1.807, 2.05) is 12.1 Å². The molecule has 5 aliphatic carbocycles. The molecule has 1 aliphatic heterocycles. The van der Waals surface area contributed by atoms with Gasteiger partial charge < -0.3 is 5.11 Å². The van der Waals surface area contributed by atoms with Crippen LogP contribution in [0.5, 0.6) is 0 Å². The lowest BCUT2D eigenvalue weighted by molar-refractivity contribution is -0.680. The molecule has 2 spiro atoms. The molecule has 5 saturated carbocycles. The van der Waals surface area contributed by atoms with E-state index >= 15 is 0 Å². The molecular weight excluding hydrogens is 372 g/mol. The number of hydrogen-bond acceptors (Lipinski definition) is 5. The second-order valence-corrected chi connectivity index (χ2v) is 9.97. The minimum absolute atomic E-state index is 0.322. The molecule has 4 bridgehead atoms. The van der Waals surface area contributed by atoms with E-state index in [4.69, 9.17) is 24.7 Å². The molecule has 6 aliphatic rings. The first-order valence-electron chi connectivity index (χ1n) is 11.1. The van der Waals surface area contributed by atoms with Crippen molar-refractivity contribution in [2.75, 3.05) is 0 Å². The van der Waals surface area contributed by atoms with Crippen LogP contribution in [0.1, 0.15) is 79.6 Å². The molecule has 0 unspecified atom stereocenters. The number of carbonyl (C=O) groups is 1. The molecule has 1 saturated heterocycles. The van der Waals surface area contributed by atoms with Gasteiger partial charge in [-0.1, -0.05) is 12.1 Å². The van der Waals surface area contributed by atoms with E-state index in [9.17, 15) is 4.79 Å². The maximum atomic E-state index is 11.1. The number of carboxylic acids is 1. The lowest BCUT2D eigenvalue weighted by Gasteiger charge is -2.60. The molecule has 0 atom stereocenters. The maximum absolute atomic E-state index is 11.1. The number of hydrogen-bond donors (Lipinski definition) is 1. The van der Waals surface area contributed by atoms with E-state index in [0.717, 1.165) is 24.7 Å². The van der Waals surface area contributed by atoms with Gasteiger partial charge in [-0.15, -0.1) is 0 Å². The smallest absolute Gasteiger partial charge is 0.335 e. The molecule has 7 rings (SSSR count). The van der Waals surface area contributed by atoms with E-state index in [0.29, 0.717) is 36.2 Å². The quantitative estimate of drug-likeness (QED) is 0.719. The highest BCUT2D eigenvalue weighted by Gasteiger charge is 2.64. The Balaban J connectivity index is 1.10. The third kappa shape index (κ3) is 2.87. The lowest BCUT2D eigenvalue weighted by Crippen LogP contribution is -2.64. The third-order valence-corrected chi connectivity index (χ3v) is 8.30. The normalized spacial score (nSPS) is 45.7. The Morgan fingerprint density at radius 2 is 1.38 bits per heavy atom. The summed E-state index contributed by atoms with van der Waals surface area (Å²) in [5.74, 6) is 0.409. The first-order valence-corrected chi connectivity index (χ1v) is 11.1. The highest BCUT2D eigenvalue weighted by atomic mass is 17.4. The van der Waals surface area contributed by atoms with Crippen LogP contribution in [0.3, 0.4) is 0 Å². The molecule has 1 N–H and O–H groups in total. The van der Waals surface area contributed by atoms with Gasteiger partial charge in [-0.2, -0.15) is 19.6 Å². The van der Waals surface area contributed by atoms with Gasteiger partial charge >= 0.3 is 5.97 Å². The minimum atomic E-state index is -0.892. The molecule has 6 nitrogen and oxygen atoms in total. The standard InChI is InChI=1S/C23H28O6/c24-21(25)18-3-1-16(2-4-18)17-5-7-22(8-6-17)26-28-23(29-27-22)19-10-14-9-15(12-19)13-20(23)11-14/h1-4,14-15,17,19-20H,5-13H2,(H,24,25). The van der Waals surface area contributed by atoms with Gasteiger partial charge in [0.25, 0.3) is 0 Å². The van der Waals surface area contributed by atoms with Crippen LogP contribution >= 0.6 is 0 Å². The molecule has 0 radical (unpaired) electrons. The van der Waals surface area contributed by atoms with Crippen LogP contribution in [0, 0.1) is 23.7 Å². The third-order valence-electron chi connectivity index (χ3n) is 8.30. The largest absolute Gasteiger partial charge is 0.478 e. The average molecular weight is 400 g/mol. The highest BCUT2D eigenvalue weighted by molar-refractivity contribution is 5.87. The van der Waals surface area contributed by atoms with Crippen molar-refractivity contribution >= 4 is 5.97 Å². The summed E-state index contributed by atoms with van der Waals surface area (Å²) in [6.07, 6.45) is 9.24. The van der Waals surface area contributed by atoms with Crippen molar-refractivity contribution in [3.8, 4) is 0 Å². The van der Waals surface area contributed by atoms with Crippen LogP contribution in [0.4, 0.5) is 0 Å². The molecule has 6 fully saturated rings.